The molecule has 3 rings (SSSR count). The second-order valence-corrected chi connectivity index (χ2v) is 5.40. The van der Waals surface area contributed by atoms with Crippen LogP contribution in [0, 0.1) is 17.5 Å². The largest absolute Gasteiger partial charge is 0.316 e. The lowest BCUT2D eigenvalue weighted by molar-refractivity contribution is 0.388. The summed E-state index contributed by atoms with van der Waals surface area (Å²) < 4.78 is 40.7. The molecular formula is C17H16F3N. The maximum Gasteiger partial charge on any atom is 0.161 e. The van der Waals surface area contributed by atoms with Crippen LogP contribution in [-0.4, -0.2) is 13.1 Å². The smallest absolute Gasteiger partial charge is 0.161 e. The Labute approximate surface area is 121 Å². The van der Waals surface area contributed by atoms with E-state index in [1.54, 1.807) is 0 Å². The van der Waals surface area contributed by atoms with Gasteiger partial charge < -0.3 is 5.32 Å². The molecule has 0 aromatic heterocycles. The predicted octanol–water partition coefficient (Wildman–Crippen LogP) is 3.96. The molecule has 1 fully saturated rings. The van der Waals surface area contributed by atoms with Gasteiger partial charge in [-0.05, 0) is 36.1 Å². The Kier molecular flexibility index (Phi) is 3.97. The van der Waals surface area contributed by atoms with Crippen molar-refractivity contribution in [3.8, 4) is 0 Å². The summed E-state index contributed by atoms with van der Waals surface area (Å²) in [4.78, 5) is 0. The number of piperidine rings is 1. The number of nitrogens with one attached hydrogen (secondary N) is 1. The molecule has 2 aromatic carbocycles. The van der Waals surface area contributed by atoms with E-state index in [-0.39, 0.29) is 17.4 Å². The molecule has 0 amide bonds. The number of hydrogen-bond acceptors (Lipinski definition) is 1. The van der Waals surface area contributed by atoms with Gasteiger partial charge in [0.1, 0.15) is 5.82 Å². The van der Waals surface area contributed by atoms with Crippen LogP contribution in [0.15, 0.2) is 42.5 Å². The van der Waals surface area contributed by atoms with Gasteiger partial charge in [0.2, 0.25) is 0 Å². The summed E-state index contributed by atoms with van der Waals surface area (Å²) >= 11 is 0. The zero-order valence-electron chi connectivity index (χ0n) is 11.5. The first-order valence-corrected chi connectivity index (χ1v) is 7.07. The van der Waals surface area contributed by atoms with Crippen LogP contribution in [0.5, 0.6) is 0 Å². The van der Waals surface area contributed by atoms with Crippen LogP contribution in [0.3, 0.4) is 0 Å². The van der Waals surface area contributed by atoms with Crippen LogP contribution in [0.4, 0.5) is 13.2 Å². The Bertz CT molecular complexity index is 627. The van der Waals surface area contributed by atoms with Gasteiger partial charge in [0.15, 0.2) is 11.6 Å². The summed E-state index contributed by atoms with van der Waals surface area (Å²) in [6.45, 7) is 1.44. The Morgan fingerprint density at radius 2 is 1.57 bits per heavy atom. The minimum Gasteiger partial charge on any atom is -0.316 e. The van der Waals surface area contributed by atoms with Gasteiger partial charge in [-0.1, -0.05) is 30.3 Å². The highest BCUT2D eigenvalue weighted by molar-refractivity contribution is 5.31. The molecule has 1 saturated heterocycles. The van der Waals surface area contributed by atoms with Crippen LogP contribution < -0.4 is 5.32 Å². The van der Waals surface area contributed by atoms with Crippen molar-refractivity contribution in [1.82, 2.24) is 5.32 Å². The lowest BCUT2D eigenvalue weighted by atomic mass is 9.77. The van der Waals surface area contributed by atoms with E-state index in [0.717, 1.165) is 18.2 Å². The number of benzene rings is 2. The molecule has 2 atom stereocenters. The first-order chi connectivity index (χ1) is 10.2. The molecule has 0 radical (unpaired) electrons. The molecular weight excluding hydrogens is 275 g/mol. The van der Waals surface area contributed by atoms with Gasteiger partial charge in [0.05, 0.1) is 0 Å². The van der Waals surface area contributed by atoms with Gasteiger partial charge in [-0.25, -0.2) is 13.2 Å². The van der Waals surface area contributed by atoms with Crippen LogP contribution in [0.1, 0.15) is 29.4 Å². The molecule has 2 unspecified atom stereocenters. The maximum absolute atomic E-state index is 14.1. The van der Waals surface area contributed by atoms with E-state index in [1.807, 2.05) is 30.3 Å². The first kappa shape index (κ1) is 14.1. The molecule has 0 bridgehead atoms. The second kappa shape index (κ2) is 5.90. The lowest BCUT2D eigenvalue weighted by Crippen LogP contribution is -2.34. The van der Waals surface area contributed by atoms with Gasteiger partial charge in [0.25, 0.3) is 0 Å². The summed E-state index contributed by atoms with van der Waals surface area (Å²) in [7, 11) is 0. The predicted molar refractivity (Wildman–Crippen MR) is 75.7 cm³/mol. The fourth-order valence-corrected chi connectivity index (χ4v) is 3.10. The van der Waals surface area contributed by atoms with E-state index in [9.17, 15) is 13.2 Å². The van der Waals surface area contributed by atoms with Crippen molar-refractivity contribution in [3.63, 3.8) is 0 Å². The summed E-state index contributed by atoms with van der Waals surface area (Å²) in [6, 6.07) is 11.4. The topological polar surface area (TPSA) is 12.0 Å². The minimum absolute atomic E-state index is 0.0549. The van der Waals surface area contributed by atoms with E-state index in [0.29, 0.717) is 19.0 Å². The molecule has 1 heterocycles. The monoisotopic (exact) mass is 291 g/mol. The van der Waals surface area contributed by atoms with Crippen LogP contribution in [-0.2, 0) is 0 Å². The summed E-state index contributed by atoms with van der Waals surface area (Å²) in [6.07, 6.45) is 0.696. The summed E-state index contributed by atoms with van der Waals surface area (Å²) in [5.74, 6) is -2.89. The highest BCUT2D eigenvalue weighted by Gasteiger charge is 2.30. The summed E-state index contributed by atoms with van der Waals surface area (Å²) in [5.41, 5.74) is 1.35. The third kappa shape index (κ3) is 2.81. The van der Waals surface area contributed by atoms with Crippen molar-refractivity contribution >= 4 is 0 Å². The minimum atomic E-state index is -1.14. The first-order valence-electron chi connectivity index (χ1n) is 7.07. The molecule has 0 aliphatic carbocycles. The third-order valence-corrected chi connectivity index (χ3v) is 4.15. The van der Waals surface area contributed by atoms with Crippen molar-refractivity contribution in [2.45, 2.75) is 18.3 Å². The number of hydrogen-bond donors (Lipinski definition) is 1. The van der Waals surface area contributed by atoms with Crippen molar-refractivity contribution < 1.29 is 13.2 Å². The van der Waals surface area contributed by atoms with Crippen molar-refractivity contribution in [2.75, 3.05) is 13.1 Å². The van der Waals surface area contributed by atoms with Gasteiger partial charge in [-0.3, -0.25) is 0 Å². The average molecular weight is 291 g/mol. The van der Waals surface area contributed by atoms with E-state index in [2.05, 4.69) is 5.32 Å². The standard InChI is InChI=1S/C17H16F3N/c18-15-9-17(20)16(19)8-13(15)12-6-7-21-10-14(12)11-4-2-1-3-5-11/h1-5,8-9,12,14,21H,6-7,10H2. The lowest BCUT2D eigenvalue weighted by Gasteiger charge is -2.33. The molecule has 4 heteroatoms. The Hall–Kier alpha value is -1.81. The van der Waals surface area contributed by atoms with E-state index in [1.165, 1.54) is 0 Å². The number of halogens is 3. The van der Waals surface area contributed by atoms with Gasteiger partial charge >= 0.3 is 0 Å². The highest BCUT2D eigenvalue weighted by atomic mass is 19.2. The molecule has 1 aliphatic heterocycles. The molecule has 1 aliphatic rings. The van der Waals surface area contributed by atoms with Crippen LogP contribution in [0.2, 0.25) is 0 Å². The van der Waals surface area contributed by atoms with Crippen molar-refractivity contribution in [2.24, 2.45) is 0 Å². The zero-order valence-corrected chi connectivity index (χ0v) is 11.5. The fourth-order valence-electron chi connectivity index (χ4n) is 3.10. The van der Waals surface area contributed by atoms with Crippen molar-refractivity contribution in [1.29, 1.82) is 0 Å². The molecule has 1 N–H and O–H groups in total. The van der Waals surface area contributed by atoms with E-state index < -0.39 is 17.5 Å². The zero-order chi connectivity index (χ0) is 14.8. The Morgan fingerprint density at radius 3 is 2.33 bits per heavy atom. The fraction of sp³-hybridized carbons (Fsp3) is 0.294. The summed E-state index contributed by atoms with van der Waals surface area (Å²) in [5, 5.41) is 3.29. The molecule has 110 valence electrons. The molecule has 2 aromatic rings. The highest BCUT2D eigenvalue weighted by Crippen LogP contribution is 2.38. The number of rotatable bonds is 2. The van der Waals surface area contributed by atoms with Crippen LogP contribution >= 0.6 is 0 Å². The van der Waals surface area contributed by atoms with Crippen LogP contribution in [0.25, 0.3) is 0 Å². The maximum atomic E-state index is 14.1. The van der Waals surface area contributed by atoms with Crippen molar-refractivity contribution in [3.05, 3.63) is 71.0 Å². The third-order valence-electron chi connectivity index (χ3n) is 4.15. The molecule has 0 spiro atoms. The van der Waals surface area contributed by atoms with Gasteiger partial charge in [0, 0.05) is 18.5 Å². The SMILES string of the molecule is Fc1cc(F)c(C2CCNCC2c2ccccc2)cc1F. The van der Waals surface area contributed by atoms with Gasteiger partial charge in [-0.2, -0.15) is 0 Å². The molecule has 1 nitrogen and oxygen atoms in total. The second-order valence-electron chi connectivity index (χ2n) is 5.40. The average Bonchev–Trinajstić information content (AvgIpc) is 2.52. The Balaban J connectivity index is 2.00. The Morgan fingerprint density at radius 1 is 0.857 bits per heavy atom. The van der Waals surface area contributed by atoms with E-state index in [4.69, 9.17) is 0 Å². The molecule has 0 saturated carbocycles. The van der Waals surface area contributed by atoms with Gasteiger partial charge in [-0.15, -0.1) is 0 Å². The quantitative estimate of drug-likeness (QED) is 0.826. The normalized spacial score (nSPS) is 22.2. The molecule has 21 heavy (non-hydrogen) atoms. The van der Waals surface area contributed by atoms with E-state index >= 15 is 0 Å².